The maximum atomic E-state index is 13.1. The summed E-state index contributed by atoms with van der Waals surface area (Å²) in [5.74, 6) is 1.18. The summed E-state index contributed by atoms with van der Waals surface area (Å²) in [5.41, 5.74) is 9.90. The van der Waals surface area contributed by atoms with Crippen LogP contribution in [-0.4, -0.2) is 23.5 Å². The molecule has 1 aliphatic heterocycles. The highest BCUT2D eigenvalue weighted by atomic mass is 16.7. The molecular formula is C27H27N3O4. The van der Waals surface area contributed by atoms with Crippen molar-refractivity contribution < 1.29 is 19.1 Å². The van der Waals surface area contributed by atoms with Gasteiger partial charge in [0, 0.05) is 36.8 Å². The normalized spacial score (nSPS) is 14.0. The molecule has 0 bridgehead atoms. The van der Waals surface area contributed by atoms with Gasteiger partial charge in [0.05, 0.1) is 0 Å². The Morgan fingerprint density at radius 3 is 2.53 bits per heavy atom. The number of nitrogens with zero attached hydrogens (tertiary/aromatic N) is 1. The van der Waals surface area contributed by atoms with Gasteiger partial charge in [0.25, 0.3) is 5.91 Å². The van der Waals surface area contributed by atoms with Crippen molar-refractivity contribution in [1.82, 2.24) is 4.90 Å². The lowest BCUT2D eigenvalue weighted by Gasteiger charge is -2.25. The van der Waals surface area contributed by atoms with Gasteiger partial charge in [0.2, 0.25) is 12.7 Å². The quantitative estimate of drug-likeness (QED) is 0.532. The van der Waals surface area contributed by atoms with Gasteiger partial charge in [-0.1, -0.05) is 42.5 Å². The average molecular weight is 458 g/mol. The second kappa shape index (κ2) is 9.57. The van der Waals surface area contributed by atoms with E-state index >= 15 is 0 Å². The van der Waals surface area contributed by atoms with Gasteiger partial charge in [0.1, 0.15) is 0 Å². The summed E-state index contributed by atoms with van der Waals surface area (Å²) in [4.78, 5) is 28.0. The van der Waals surface area contributed by atoms with Crippen molar-refractivity contribution in [1.29, 1.82) is 0 Å². The zero-order valence-electron chi connectivity index (χ0n) is 18.8. The fourth-order valence-electron chi connectivity index (χ4n) is 4.09. The highest BCUT2D eigenvalue weighted by Gasteiger charge is 2.33. The Morgan fingerprint density at radius 1 is 0.912 bits per heavy atom. The number of carbonyl (C=O) groups excluding carboxylic acids is 2. The fraction of sp³-hybridized carbons (Fsp3) is 0.259. The molecule has 3 aromatic carbocycles. The second-order valence-electron chi connectivity index (χ2n) is 8.67. The number of benzene rings is 3. The molecule has 3 aromatic rings. The van der Waals surface area contributed by atoms with E-state index in [0.717, 1.165) is 29.5 Å². The van der Waals surface area contributed by atoms with E-state index in [1.165, 1.54) is 0 Å². The molecule has 7 heteroatoms. The van der Waals surface area contributed by atoms with Gasteiger partial charge >= 0.3 is 0 Å². The molecule has 1 fully saturated rings. The van der Waals surface area contributed by atoms with Crippen LogP contribution in [0.1, 0.15) is 39.9 Å². The molecule has 7 nitrogen and oxygen atoms in total. The Morgan fingerprint density at radius 2 is 1.71 bits per heavy atom. The maximum Gasteiger partial charge on any atom is 0.255 e. The molecule has 0 saturated heterocycles. The lowest BCUT2D eigenvalue weighted by atomic mass is 10.1. The summed E-state index contributed by atoms with van der Waals surface area (Å²) < 4.78 is 10.7. The summed E-state index contributed by atoms with van der Waals surface area (Å²) >= 11 is 0. The van der Waals surface area contributed by atoms with Crippen LogP contribution in [0.4, 0.5) is 5.69 Å². The number of rotatable bonds is 8. The third-order valence-electron chi connectivity index (χ3n) is 6.10. The molecule has 0 radical (unpaired) electrons. The van der Waals surface area contributed by atoms with Crippen molar-refractivity contribution >= 4 is 17.5 Å². The maximum absolute atomic E-state index is 13.1. The molecule has 34 heavy (non-hydrogen) atoms. The van der Waals surface area contributed by atoms with Crippen LogP contribution in [0.25, 0.3) is 0 Å². The topological polar surface area (TPSA) is 93.9 Å². The van der Waals surface area contributed by atoms with Gasteiger partial charge in [-0.15, -0.1) is 0 Å². The number of hydrogen-bond acceptors (Lipinski definition) is 5. The molecule has 5 rings (SSSR count). The van der Waals surface area contributed by atoms with Gasteiger partial charge in [-0.05, 0) is 53.8 Å². The van der Waals surface area contributed by atoms with Crippen molar-refractivity contribution in [2.24, 2.45) is 11.7 Å². The van der Waals surface area contributed by atoms with Crippen molar-refractivity contribution in [2.45, 2.75) is 32.5 Å². The Balaban J connectivity index is 1.36. The first-order valence-electron chi connectivity index (χ1n) is 11.5. The molecule has 1 saturated carbocycles. The summed E-state index contributed by atoms with van der Waals surface area (Å²) in [7, 11) is 0. The summed E-state index contributed by atoms with van der Waals surface area (Å²) in [6.45, 7) is 1.51. The number of amides is 2. The Labute approximate surface area is 198 Å². The number of nitrogens with two attached hydrogens (primary N) is 1. The van der Waals surface area contributed by atoms with Crippen LogP contribution in [-0.2, 0) is 24.4 Å². The fourth-order valence-corrected chi connectivity index (χ4v) is 4.09. The van der Waals surface area contributed by atoms with Crippen molar-refractivity contribution in [2.75, 3.05) is 12.1 Å². The zero-order valence-corrected chi connectivity index (χ0v) is 18.8. The van der Waals surface area contributed by atoms with E-state index in [1.54, 1.807) is 18.2 Å². The van der Waals surface area contributed by atoms with E-state index in [9.17, 15) is 9.59 Å². The minimum atomic E-state index is -0.249. The predicted molar refractivity (Wildman–Crippen MR) is 128 cm³/mol. The van der Waals surface area contributed by atoms with E-state index in [-0.39, 0.29) is 24.5 Å². The SMILES string of the molecule is NCc1cccc(CN(Cc2ccccc2NC(=O)c2ccc3c(c2)OCO3)C(=O)C2CC2)c1. The number of para-hydroxylation sites is 1. The van der Waals surface area contributed by atoms with Crippen LogP contribution in [0.5, 0.6) is 11.5 Å². The van der Waals surface area contributed by atoms with Crippen molar-refractivity contribution in [3.8, 4) is 11.5 Å². The van der Waals surface area contributed by atoms with Crippen LogP contribution in [0.3, 0.4) is 0 Å². The molecule has 1 aliphatic carbocycles. The number of ether oxygens (including phenoxy) is 2. The molecule has 174 valence electrons. The van der Waals surface area contributed by atoms with Gasteiger partial charge in [-0.3, -0.25) is 9.59 Å². The first kappa shape index (κ1) is 22.0. The van der Waals surface area contributed by atoms with Gasteiger partial charge in [0.15, 0.2) is 11.5 Å². The minimum Gasteiger partial charge on any atom is -0.454 e. The van der Waals surface area contributed by atoms with Crippen molar-refractivity contribution in [3.05, 3.63) is 89.0 Å². The second-order valence-corrected chi connectivity index (χ2v) is 8.67. The van der Waals surface area contributed by atoms with E-state index in [2.05, 4.69) is 5.32 Å². The number of fused-ring (bicyclic) bond motifs is 1. The lowest BCUT2D eigenvalue weighted by molar-refractivity contribution is -0.133. The molecule has 1 heterocycles. The number of carbonyl (C=O) groups is 2. The lowest BCUT2D eigenvalue weighted by Crippen LogP contribution is -2.31. The molecule has 3 N–H and O–H groups in total. The molecule has 0 atom stereocenters. The van der Waals surface area contributed by atoms with Crippen LogP contribution >= 0.6 is 0 Å². The molecule has 2 aliphatic rings. The number of hydrogen-bond donors (Lipinski definition) is 2. The number of anilines is 1. The van der Waals surface area contributed by atoms with Crippen LogP contribution < -0.4 is 20.5 Å². The monoisotopic (exact) mass is 457 g/mol. The van der Waals surface area contributed by atoms with E-state index in [4.69, 9.17) is 15.2 Å². The van der Waals surface area contributed by atoms with Crippen LogP contribution in [0.15, 0.2) is 66.7 Å². The van der Waals surface area contributed by atoms with Crippen LogP contribution in [0, 0.1) is 5.92 Å². The van der Waals surface area contributed by atoms with Gasteiger partial charge in [-0.25, -0.2) is 0 Å². The predicted octanol–water partition coefficient (Wildman–Crippen LogP) is 4.07. The average Bonchev–Trinajstić information content (AvgIpc) is 3.61. The largest absolute Gasteiger partial charge is 0.454 e. The highest BCUT2D eigenvalue weighted by molar-refractivity contribution is 6.05. The molecule has 2 amide bonds. The Bertz CT molecular complexity index is 1220. The summed E-state index contributed by atoms with van der Waals surface area (Å²) in [6.07, 6.45) is 1.86. The molecule has 0 aromatic heterocycles. The minimum absolute atomic E-state index is 0.0908. The summed E-state index contributed by atoms with van der Waals surface area (Å²) in [6, 6.07) is 20.7. The smallest absolute Gasteiger partial charge is 0.255 e. The first-order valence-corrected chi connectivity index (χ1v) is 11.5. The Hall–Kier alpha value is -3.84. The molecule has 0 spiro atoms. The summed E-state index contributed by atoms with van der Waals surface area (Å²) in [5, 5.41) is 3.00. The van der Waals surface area contributed by atoms with Crippen LogP contribution in [0.2, 0.25) is 0 Å². The molecular weight excluding hydrogens is 430 g/mol. The first-order chi connectivity index (χ1) is 16.6. The van der Waals surface area contributed by atoms with Crippen molar-refractivity contribution in [3.63, 3.8) is 0 Å². The third kappa shape index (κ3) is 4.89. The van der Waals surface area contributed by atoms with E-state index in [0.29, 0.717) is 42.4 Å². The van der Waals surface area contributed by atoms with Gasteiger partial charge < -0.3 is 25.4 Å². The third-order valence-corrected chi connectivity index (χ3v) is 6.10. The van der Waals surface area contributed by atoms with E-state index < -0.39 is 0 Å². The van der Waals surface area contributed by atoms with E-state index in [1.807, 2.05) is 53.4 Å². The number of nitrogens with one attached hydrogen (secondary N) is 1. The zero-order chi connectivity index (χ0) is 23.5. The Kier molecular flexibility index (Phi) is 6.18. The van der Waals surface area contributed by atoms with Gasteiger partial charge in [-0.2, -0.15) is 0 Å². The highest BCUT2D eigenvalue weighted by Crippen LogP contribution is 2.34. The molecule has 0 unspecified atom stereocenters. The standard InChI is InChI=1S/C27H27N3O4/c28-14-18-4-3-5-19(12-18)15-30(27(32)20-8-9-20)16-22-6-1-2-7-23(22)29-26(31)21-10-11-24-25(13-21)34-17-33-24/h1-7,10-13,20H,8-9,14-17,28H2,(H,29,31).